The standard InChI is InChI=1S/C25H30N4O5/c1-28(2)9-6-10-29(25(31)27-19-7-4-5-8-21(19)32-3)16-18-13-17-14-22-23(34-12-11-33-22)15-20(17)26-24(18)30/h4-5,7-8,13-15H,6,9-12,16H2,1-3H3,(H,26,30)(H,27,31). The molecule has 3 aromatic rings. The van der Waals surface area contributed by atoms with Crippen LogP contribution in [0.25, 0.3) is 10.9 Å². The second kappa shape index (κ2) is 10.5. The molecule has 0 radical (unpaired) electrons. The Hall–Kier alpha value is -3.72. The Balaban J connectivity index is 1.60. The number of nitrogens with zero attached hydrogens (tertiary/aromatic N) is 2. The van der Waals surface area contributed by atoms with Crippen LogP contribution in [0.15, 0.2) is 47.3 Å². The van der Waals surface area contributed by atoms with Gasteiger partial charge in [0.05, 0.1) is 24.9 Å². The van der Waals surface area contributed by atoms with Gasteiger partial charge in [0.2, 0.25) is 0 Å². The molecule has 0 bridgehead atoms. The molecule has 1 aliphatic rings. The molecule has 9 heteroatoms. The van der Waals surface area contributed by atoms with Gasteiger partial charge in [-0.1, -0.05) is 12.1 Å². The van der Waals surface area contributed by atoms with Crippen LogP contribution < -0.4 is 25.1 Å². The number of aromatic amines is 1. The average molecular weight is 467 g/mol. The molecule has 1 aromatic heterocycles. The fraction of sp³-hybridized carbons (Fsp3) is 0.360. The van der Waals surface area contributed by atoms with Crippen LogP contribution in [-0.2, 0) is 6.54 Å². The predicted molar refractivity (Wildman–Crippen MR) is 131 cm³/mol. The van der Waals surface area contributed by atoms with Crippen molar-refractivity contribution in [1.82, 2.24) is 14.8 Å². The molecule has 0 saturated carbocycles. The van der Waals surface area contributed by atoms with Gasteiger partial charge in [0.25, 0.3) is 5.56 Å². The lowest BCUT2D eigenvalue weighted by Crippen LogP contribution is -2.37. The second-order valence-corrected chi connectivity index (χ2v) is 8.42. The lowest BCUT2D eigenvalue weighted by molar-refractivity contribution is 0.172. The van der Waals surface area contributed by atoms with Gasteiger partial charge in [-0.2, -0.15) is 0 Å². The van der Waals surface area contributed by atoms with Gasteiger partial charge >= 0.3 is 6.03 Å². The van der Waals surface area contributed by atoms with Gasteiger partial charge in [-0.05, 0) is 51.3 Å². The molecule has 0 fully saturated rings. The van der Waals surface area contributed by atoms with Gasteiger partial charge in [-0.25, -0.2) is 4.79 Å². The summed E-state index contributed by atoms with van der Waals surface area (Å²) >= 11 is 0. The number of rotatable bonds is 8. The lowest BCUT2D eigenvalue weighted by Gasteiger charge is -2.24. The summed E-state index contributed by atoms with van der Waals surface area (Å²) in [4.78, 5) is 32.7. The first-order valence-electron chi connectivity index (χ1n) is 11.2. The number of carbonyl (C=O) groups excluding carboxylic acids is 1. The molecule has 0 aliphatic carbocycles. The van der Waals surface area contributed by atoms with E-state index in [0.29, 0.717) is 53.8 Å². The number of amides is 2. The van der Waals surface area contributed by atoms with E-state index >= 15 is 0 Å². The zero-order valence-corrected chi connectivity index (χ0v) is 19.7. The summed E-state index contributed by atoms with van der Waals surface area (Å²) in [7, 11) is 5.53. The zero-order chi connectivity index (χ0) is 24.1. The molecular weight excluding hydrogens is 436 g/mol. The minimum Gasteiger partial charge on any atom is -0.495 e. The van der Waals surface area contributed by atoms with Gasteiger partial charge in [0, 0.05) is 23.6 Å². The fourth-order valence-electron chi connectivity index (χ4n) is 3.88. The highest BCUT2D eigenvalue weighted by atomic mass is 16.6. The number of nitrogens with one attached hydrogen (secondary N) is 2. The third-order valence-corrected chi connectivity index (χ3v) is 5.61. The minimum atomic E-state index is -0.301. The van der Waals surface area contributed by atoms with Crippen molar-refractivity contribution in [1.29, 1.82) is 0 Å². The molecule has 180 valence electrons. The number of anilines is 1. The van der Waals surface area contributed by atoms with Crippen molar-refractivity contribution in [2.75, 3.05) is 52.8 Å². The number of urea groups is 1. The summed E-state index contributed by atoms with van der Waals surface area (Å²) in [6.07, 6.45) is 0.760. The number of benzene rings is 2. The normalized spacial score (nSPS) is 12.6. The highest BCUT2D eigenvalue weighted by Crippen LogP contribution is 2.33. The summed E-state index contributed by atoms with van der Waals surface area (Å²) in [5.41, 5.74) is 1.48. The van der Waals surface area contributed by atoms with Crippen molar-refractivity contribution in [2.45, 2.75) is 13.0 Å². The monoisotopic (exact) mass is 466 g/mol. The quantitative estimate of drug-likeness (QED) is 0.529. The number of methoxy groups -OCH3 is 1. The molecule has 4 rings (SSSR count). The molecule has 1 aliphatic heterocycles. The van der Waals surface area contributed by atoms with E-state index in [1.807, 2.05) is 38.4 Å². The van der Waals surface area contributed by atoms with Gasteiger partial charge in [-0.3, -0.25) is 4.79 Å². The van der Waals surface area contributed by atoms with Crippen LogP contribution >= 0.6 is 0 Å². The number of aromatic nitrogens is 1. The van der Waals surface area contributed by atoms with Crippen LogP contribution in [0.1, 0.15) is 12.0 Å². The van der Waals surface area contributed by atoms with Crippen molar-refractivity contribution >= 4 is 22.6 Å². The predicted octanol–water partition coefficient (Wildman–Crippen LogP) is 3.29. The number of carbonyl (C=O) groups is 1. The average Bonchev–Trinajstić information content (AvgIpc) is 2.82. The maximum Gasteiger partial charge on any atom is 0.322 e. The molecular formula is C25H30N4O5. The van der Waals surface area contributed by atoms with E-state index in [1.165, 1.54) is 0 Å². The maximum absolute atomic E-state index is 13.2. The van der Waals surface area contributed by atoms with Crippen LogP contribution in [0.3, 0.4) is 0 Å². The van der Waals surface area contributed by atoms with E-state index in [0.717, 1.165) is 18.4 Å². The van der Waals surface area contributed by atoms with E-state index in [4.69, 9.17) is 14.2 Å². The fourth-order valence-corrected chi connectivity index (χ4v) is 3.88. The summed E-state index contributed by atoms with van der Waals surface area (Å²) in [5.74, 6) is 1.83. The summed E-state index contributed by atoms with van der Waals surface area (Å²) in [6, 6.07) is 12.4. The maximum atomic E-state index is 13.2. The Labute approximate surface area is 198 Å². The van der Waals surface area contributed by atoms with Gasteiger partial charge < -0.3 is 34.3 Å². The van der Waals surface area contributed by atoms with E-state index in [1.54, 1.807) is 30.2 Å². The van der Waals surface area contributed by atoms with E-state index < -0.39 is 0 Å². The van der Waals surface area contributed by atoms with Crippen molar-refractivity contribution < 1.29 is 19.0 Å². The number of pyridine rings is 1. The molecule has 2 aromatic carbocycles. The van der Waals surface area contributed by atoms with Crippen molar-refractivity contribution in [3.63, 3.8) is 0 Å². The highest BCUT2D eigenvalue weighted by molar-refractivity contribution is 5.91. The first-order chi connectivity index (χ1) is 16.4. The number of para-hydroxylation sites is 2. The molecule has 9 nitrogen and oxygen atoms in total. The van der Waals surface area contributed by atoms with E-state index in [-0.39, 0.29) is 18.1 Å². The molecule has 2 amide bonds. The van der Waals surface area contributed by atoms with Crippen molar-refractivity contribution in [3.8, 4) is 17.2 Å². The molecule has 0 spiro atoms. The molecule has 0 atom stereocenters. The third-order valence-electron chi connectivity index (χ3n) is 5.61. The molecule has 34 heavy (non-hydrogen) atoms. The number of hydrogen-bond acceptors (Lipinski definition) is 6. The van der Waals surface area contributed by atoms with E-state index in [2.05, 4.69) is 15.2 Å². The summed E-state index contributed by atoms with van der Waals surface area (Å²) in [6.45, 7) is 2.42. The lowest BCUT2D eigenvalue weighted by atomic mass is 10.1. The number of H-pyrrole nitrogens is 1. The molecule has 0 unspecified atom stereocenters. The minimum absolute atomic E-state index is 0.161. The van der Waals surface area contributed by atoms with Crippen LogP contribution in [0.2, 0.25) is 0 Å². The SMILES string of the molecule is COc1ccccc1NC(=O)N(CCCN(C)C)Cc1cc2cc3c(cc2[nH]c1=O)OCCO3. The number of fused-ring (bicyclic) bond motifs is 2. The first kappa shape index (κ1) is 23.4. The Kier molecular flexibility index (Phi) is 7.22. The Bertz CT molecular complexity index is 1220. The number of ether oxygens (including phenoxy) is 3. The molecule has 2 heterocycles. The molecule has 2 N–H and O–H groups in total. The van der Waals surface area contributed by atoms with Gasteiger partial charge in [-0.15, -0.1) is 0 Å². The molecule has 0 saturated heterocycles. The van der Waals surface area contributed by atoms with Crippen LogP contribution in [0, 0.1) is 0 Å². The van der Waals surface area contributed by atoms with E-state index in [9.17, 15) is 9.59 Å². The highest BCUT2D eigenvalue weighted by Gasteiger charge is 2.19. The largest absolute Gasteiger partial charge is 0.495 e. The topological polar surface area (TPSA) is 96.1 Å². The Morgan fingerprint density at radius 3 is 2.56 bits per heavy atom. The zero-order valence-electron chi connectivity index (χ0n) is 19.7. The number of hydrogen-bond donors (Lipinski definition) is 2. The van der Waals surface area contributed by atoms with Gasteiger partial charge in [0.15, 0.2) is 11.5 Å². The Morgan fingerprint density at radius 2 is 1.82 bits per heavy atom. The summed E-state index contributed by atoms with van der Waals surface area (Å²) in [5, 5.41) is 3.73. The van der Waals surface area contributed by atoms with Crippen molar-refractivity contribution in [2.24, 2.45) is 0 Å². The van der Waals surface area contributed by atoms with Crippen molar-refractivity contribution in [3.05, 3.63) is 58.4 Å². The smallest absolute Gasteiger partial charge is 0.322 e. The van der Waals surface area contributed by atoms with Crippen LogP contribution in [0.4, 0.5) is 10.5 Å². The van der Waals surface area contributed by atoms with Gasteiger partial charge in [0.1, 0.15) is 19.0 Å². The summed E-state index contributed by atoms with van der Waals surface area (Å²) < 4.78 is 16.6. The van der Waals surface area contributed by atoms with Crippen LogP contribution in [-0.4, -0.2) is 68.3 Å². The second-order valence-electron chi connectivity index (χ2n) is 8.42. The van der Waals surface area contributed by atoms with Crippen LogP contribution in [0.5, 0.6) is 17.2 Å². The Morgan fingerprint density at radius 1 is 1.09 bits per heavy atom. The first-order valence-corrected chi connectivity index (χ1v) is 11.2. The third kappa shape index (κ3) is 5.43.